The Morgan fingerprint density at radius 2 is 1.11 bits per heavy atom. The predicted molar refractivity (Wildman–Crippen MR) is 176 cm³/mol. The van der Waals surface area contributed by atoms with Crippen molar-refractivity contribution in [3.63, 3.8) is 0 Å². The third-order valence-electron chi connectivity index (χ3n) is 8.79. The van der Waals surface area contributed by atoms with Crippen LogP contribution in [0.25, 0.3) is 22.5 Å². The van der Waals surface area contributed by atoms with Gasteiger partial charge in [-0.2, -0.15) is 0 Å². The number of pyridine rings is 2. The predicted octanol–water partition coefficient (Wildman–Crippen LogP) is 9.84. The minimum absolute atomic E-state index is 0. The van der Waals surface area contributed by atoms with Gasteiger partial charge in [-0.15, -0.1) is 53.6 Å². The van der Waals surface area contributed by atoms with E-state index in [1.165, 1.54) is 39.3 Å². The zero-order valence-electron chi connectivity index (χ0n) is 25.3. The van der Waals surface area contributed by atoms with E-state index >= 15 is 0 Å². The average Bonchev–Trinajstić information content (AvgIpc) is 3.06. The first-order valence-electron chi connectivity index (χ1n) is 14.8. The molecule has 8 rings (SSSR count). The maximum absolute atomic E-state index is 4.65. The van der Waals surface area contributed by atoms with Gasteiger partial charge in [-0.25, -0.2) is 0 Å². The Morgan fingerprint density at radius 3 is 1.68 bits per heavy atom. The SMILES string of the molecule is CC1(C)c2[c-]c(-c3ccccn3)cc3c2N(c2ccccc21)c1ccccc1C3(C)C.[Ir].[c-]1ccccc1-c1ccccn1. The van der Waals surface area contributed by atoms with Crippen LogP contribution in [0.15, 0.2) is 128 Å². The van der Waals surface area contributed by atoms with Crippen LogP contribution in [0.1, 0.15) is 49.9 Å². The maximum Gasteiger partial charge on any atom is 0.0412 e. The fourth-order valence-electron chi connectivity index (χ4n) is 6.52. The van der Waals surface area contributed by atoms with E-state index in [-0.39, 0.29) is 30.9 Å². The first-order valence-corrected chi connectivity index (χ1v) is 14.8. The van der Waals surface area contributed by atoms with Crippen LogP contribution in [0.3, 0.4) is 0 Å². The van der Waals surface area contributed by atoms with Crippen molar-refractivity contribution in [2.45, 2.75) is 38.5 Å². The second kappa shape index (κ2) is 11.6. The summed E-state index contributed by atoms with van der Waals surface area (Å²) >= 11 is 0. The molecule has 1 radical (unpaired) electrons. The van der Waals surface area contributed by atoms with E-state index in [1.807, 2.05) is 60.8 Å². The molecule has 4 heterocycles. The van der Waals surface area contributed by atoms with Crippen molar-refractivity contribution in [3.8, 4) is 22.5 Å². The number of para-hydroxylation sites is 2. The molecule has 4 heteroatoms. The van der Waals surface area contributed by atoms with Gasteiger partial charge in [-0.1, -0.05) is 99.5 Å². The number of hydrogen-bond acceptors (Lipinski definition) is 3. The Bertz CT molecular complexity index is 1800. The minimum atomic E-state index is -0.162. The molecule has 0 amide bonds. The fraction of sp³-hybridized carbons (Fsp3) is 0.150. The topological polar surface area (TPSA) is 29.0 Å². The monoisotopic (exact) mass is 748 g/mol. The number of nitrogens with zero attached hydrogens (tertiary/aromatic N) is 3. The summed E-state index contributed by atoms with van der Waals surface area (Å²) in [5, 5.41) is 0. The Hall–Kier alpha value is -4.37. The fourth-order valence-corrected chi connectivity index (χ4v) is 6.52. The van der Waals surface area contributed by atoms with Crippen molar-refractivity contribution in [3.05, 3.63) is 162 Å². The van der Waals surface area contributed by atoms with E-state index in [4.69, 9.17) is 0 Å². The van der Waals surface area contributed by atoms with E-state index in [1.54, 1.807) is 6.20 Å². The van der Waals surface area contributed by atoms with Crippen molar-refractivity contribution in [1.82, 2.24) is 9.97 Å². The average molecular weight is 748 g/mol. The van der Waals surface area contributed by atoms with Crippen LogP contribution in [0.4, 0.5) is 17.1 Å². The summed E-state index contributed by atoms with van der Waals surface area (Å²) in [5.74, 6) is 0. The van der Waals surface area contributed by atoms with Crippen molar-refractivity contribution >= 4 is 17.1 Å². The Balaban J connectivity index is 0.000000222. The van der Waals surface area contributed by atoms with Crippen LogP contribution in [0.2, 0.25) is 0 Å². The van der Waals surface area contributed by atoms with E-state index in [9.17, 15) is 0 Å². The summed E-state index contributed by atoms with van der Waals surface area (Å²) in [6.07, 6.45) is 3.65. The molecule has 0 aliphatic carbocycles. The summed E-state index contributed by atoms with van der Waals surface area (Å²) in [4.78, 5) is 11.3. The van der Waals surface area contributed by atoms with Crippen molar-refractivity contribution in [2.24, 2.45) is 0 Å². The van der Waals surface area contributed by atoms with Gasteiger partial charge in [0.05, 0.1) is 0 Å². The van der Waals surface area contributed by atoms with Crippen LogP contribution in [-0.2, 0) is 30.9 Å². The minimum Gasteiger partial charge on any atom is -0.351 e. The number of aromatic nitrogens is 2. The molecule has 0 spiro atoms. The summed E-state index contributed by atoms with van der Waals surface area (Å²) in [6.45, 7) is 9.33. The standard InChI is InChI=1S/C29H25N2.C11H8N.Ir/c1-28(2)20-11-5-7-14-25(20)31-26-15-8-6-12-21(26)29(3,4)23-18-19(17-22(28)27(23)31)24-13-9-10-16-30-24;1-2-6-10(7-3-1)11-8-4-5-9-12-11;/h5-17H,1-4H3;1-6,8-9H;/q2*-1;. The zero-order chi connectivity index (χ0) is 29.6. The van der Waals surface area contributed by atoms with Gasteiger partial charge in [0.25, 0.3) is 0 Å². The summed E-state index contributed by atoms with van der Waals surface area (Å²) in [7, 11) is 0. The normalized spacial score (nSPS) is 14.5. The van der Waals surface area contributed by atoms with Gasteiger partial charge < -0.3 is 14.9 Å². The smallest absolute Gasteiger partial charge is 0.0412 e. The molecule has 0 saturated carbocycles. The number of rotatable bonds is 2. The van der Waals surface area contributed by atoms with Gasteiger partial charge >= 0.3 is 0 Å². The number of hydrogen-bond donors (Lipinski definition) is 0. The first kappa shape index (κ1) is 29.7. The molecular weight excluding hydrogens is 715 g/mol. The Morgan fingerprint density at radius 1 is 0.568 bits per heavy atom. The quantitative estimate of drug-likeness (QED) is 0.165. The molecule has 0 fully saturated rings. The molecule has 44 heavy (non-hydrogen) atoms. The van der Waals surface area contributed by atoms with Crippen LogP contribution in [-0.4, -0.2) is 9.97 Å². The number of fused-ring (bicyclic) bond motifs is 4. The van der Waals surface area contributed by atoms with Gasteiger partial charge in [-0.05, 0) is 52.5 Å². The molecule has 0 unspecified atom stereocenters. The van der Waals surface area contributed by atoms with Gasteiger partial charge in [0.15, 0.2) is 0 Å². The van der Waals surface area contributed by atoms with Gasteiger partial charge in [0.2, 0.25) is 0 Å². The summed E-state index contributed by atoms with van der Waals surface area (Å²) < 4.78 is 0. The van der Waals surface area contributed by atoms with Gasteiger partial charge in [0.1, 0.15) is 0 Å². The molecule has 0 N–H and O–H groups in total. The van der Waals surface area contributed by atoms with Crippen molar-refractivity contribution in [1.29, 1.82) is 0 Å². The van der Waals surface area contributed by atoms with Crippen molar-refractivity contribution < 1.29 is 20.1 Å². The van der Waals surface area contributed by atoms with Gasteiger partial charge in [-0.3, -0.25) is 0 Å². The van der Waals surface area contributed by atoms with E-state index in [2.05, 4.69) is 115 Å². The van der Waals surface area contributed by atoms with Gasteiger partial charge in [0, 0.05) is 54.7 Å². The second-order valence-corrected chi connectivity index (χ2v) is 12.1. The molecule has 3 nitrogen and oxygen atoms in total. The Kier molecular flexibility index (Phi) is 7.84. The van der Waals surface area contributed by atoms with E-state index < -0.39 is 0 Å². The summed E-state index contributed by atoms with van der Waals surface area (Å²) in [6, 6.07) is 46.7. The second-order valence-electron chi connectivity index (χ2n) is 12.1. The van der Waals surface area contributed by atoms with Crippen molar-refractivity contribution in [2.75, 3.05) is 4.90 Å². The third kappa shape index (κ3) is 4.89. The van der Waals surface area contributed by atoms with Crippen LogP contribution >= 0.6 is 0 Å². The zero-order valence-corrected chi connectivity index (χ0v) is 27.7. The largest absolute Gasteiger partial charge is 0.351 e. The number of benzene rings is 4. The van der Waals surface area contributed by atoms with E-state index in [0.717, 1.165) is 22.5 Å². The maximum atomic E-state index is 4.65. The molecule has 4 aromatic carbocycles. The van der Waals surface area contributed by atoms with Crippen LogP contribution in [0.5, 0.6) is 0 Å². The van der Waals surface area contributed by atoms with Crippen LogP contribution in [0, 0.1) is 12.1 Å². The first-order chi connectivity index (χ1) is 20.9. The molecular formula is C40H33IrN3-2. The van der Waals surface area contributed by atoms with Crippen LogP contribution < -0.4 is 4.90 Å². The summed E-state index contributed by atoms with van der Waals surface area (Å²) in [5.41, 5.74) is 12.8. The molecule has 2 aromatic heterocycles. The molecule has 0 atom stereocenters. The molecule has 6 aromatic rings. The van der Waals surface area contributed by atoms with E-state index in [0.29, 0.717) is 0 Å². The molecule has 2 aliphatic heterocycles. The third-order valence-corrected chi connectivity index (χ3v) is 8.79. The molecule has 2 aliphatic rings. The Labute approximate surface area is 274 Å². The molecule has 0 saturated heterocycles. The number of anilines is 3. The molecule has 219 valence electrons. The molecule has 0 bridgehead atoms.